The summed E-state index contributed by atoms with van der Waals surface area (Å²) < 4.78 is 0. The molecule has 21 heavy (non-hydrogen) atoms. The molecule has 1 heterocycles. The van der Waals surface area contributed by atoms with E-state index in [1.54, 1.807) is 31.2 Å². The number of aliphatic hydroxyl groups excluding tert-OH is 1. The summed E-state index contributed by atoms with van der Waals surface area (Å²) >= 11 is 11.8. The van der Waals surface area contributed by atoms with Crippen LogP contribution in [0.2, 0.25) is 10.0 Å². The van der Waals surface area contributed by atoms with Crippen LogP contribution < -0.4 is 5.32 Å². The van der Waals surface area contributed by atoms with E-state index in [4.69, 9.17) is 28.3 Å². The van der Waals surface area contributed by atoms with Crippen molar-refractivity contribution in [3.05, 3.63) is 46.3 Å². The van der Waals surface area contributed by atoms with Crippen molar-refractivity contribution in [1.82, 2.24) is 15.3 Å². The van der Waals surface area contributed by atoms with Gasteiger partial charge in [-0.1, -0.05) is 29.3 Å². The van der Waals surface area contributed by atoms with Crippen molar-refractivity contribution >= 4 is 29.1 Å². The topological polar surface area (TPSA) is 75.1 Å². The maximum Gasteiger partial charge on any atom is 0.270 e. The minimum absolute atomic E-state index is 0.142. The number of hydrogen-bond acceptors (Lipinski definition) is 4. The molecule has 1 amide bonds. The number of aromatic nitrogens is 2. The van der Waals surface area contributed by atoms with Gasteiger partial charge in [0.1, 0.15) is 12.0 Å². The first-order valence-electron chi connectivity index (χ1n) is 6.20. The molecule has 0 spiro atoms. The first-order valence-corrected chi connectivity index (χ1v) is 6.96. The maximum absolute atomic E-state index is 12.0. The lowest BCUT2D eigenvalue weighted by Gasteiger charge is -2.10. The SMILES string of the molecule is C[C@@H](CO)NC(=O)c1cc(-c2ccc(Cl)c(Cl)c2)ncn1. The average Bonchev–Trinajstić information content (AvgIpc) is 2.50. The molecule has 5 nitrogen and oxygen atoms in total. The first-order chi connectivity index (χ1) is 10.0. The fraction of sp³-hybridized carbons (Fsp3) is 0.214. The highest BCUT2D eigenvalue weighted by Crippen LogP contribution is 2.27. The Balaban J connectivity index is 2.28. The van der Waals surface area contributed by atoms with E-state index < -0.39 is 0 Å². The van der Waals surface area contributed by atoms with Gasteiger partial charge < -0.3 is 10.4 Å². The highest BCUT2D eigenvalue weighted by Gasteiger charge is 2.12. The third-order valence-corrected chi connectivity index (χ3v) is 3.51. The highest BCUT2D eigenvalue weighted by atomic mass is 35.5. The molecule has 0 radical (unpaired) electrons. The summed E-state index contributed by atoms with van der Waals surface area (Å²) in [6.45, 7) is 1.55. The Kier molecular flexibility index (Phi) is 5.12. The maximum atomic E-state index is 12.0. The average molecular weight is 326 g/mol. The van der Waals surface area contributed by atoms with Gasteiger partial charge in [0.25, 0.3) is 5.91 Å². The molecule has 0 saturated carbocycles. The van der Waals surface area contributed by atoms with Crippen LogP contribution in [0.4, 0.5) is 0 Å². The van der Waals surface area contributed by atoms with Crippen molar-refractivity contribution in [1.29, 1.82) is 0 Å². The Morgan fingerprint density at radius 2 is 2.05 bits per heavy atom. The van der Waals surface area contributed by atoms with Crippen LogP contribution in [-0.2, 0) is 0 Å². The Labute approximate surface area is 131 Å². The van der Waals surface area contributed by atoms with E-state index in [0.717, 1.165) is 5.56 Å². The van der Waals surface area contributed by atoms with Gasteiger partial charge in [0.15, 0.2) is 0 Å². The monoisotopic (exact) mass is 325 g/mol. The lowest BCUT2D eigenvalue weighted by molar-refractivity contribution is 0.0917. The molecule has 7 heteroatoms. The van der Waals surface area contributed by atoms with Gasteiger partial charge in [0.2, 0.25) is 0 Å². The van der Waals surface area contributed by atoms with Crippen LogP contribution in [0.15, 0.2) is 30.6 Å². The summed E-state index contributed by atoms with van der Waals surface area (Å²) in [6.07, 6.45) is 1.30. The van der Waals surface area contributed by atoms with Crippen LogP contribution in [0.3, 0.4) is 0 Å². The molecule has 0 aliphatic rings. The second kappa shape index (κ2) is 6.85. The first kappa shape index (κ1) is 15.7. The zero-order valence-corrected chi connectivity index (χ0v) is 12.7. The van der Waals surface area contributed by atoms with Crippen LogP contribution in [0, 0.1) is 0 Å². The van der Waals surface area contributed by atoms with Gasteiger partial charge >= 0.3 is 0 Å². The van der Waals surface area contributed by atoms with Gasteiger partial charge in [-0.3, -0.25) is 4.79 Å². The summed E-state index contributed by atoms with van der Waals surface area (Å²) in [5.41, 5.74) is 1.51. The summed E-state index contributed by atoms with van der Waals surface area (Å²) in [5.74, 6) is -0.375. The quantitative estimate of drug-likeness (QED) is 0.905. The Hall–Kier alpha value is -1.69. The number of nitrogens with one attached hydrogen (secondary N) is 1. The predicted molar refractivity (Wildman–Crippen MR) is 81.5 cm³/mol. The van der Waals surface area contributed by atoms with Gasteiger partial charge in [0, 0.05) is 11.6 Å². The molecular weight excluding hydrogens is 313 g/mol. The summed E-state index contributed by atoms with van der Waals surface area (Å²) in [5, 5.41) is 12.4. The molecule has 2 aromatic rings. The largest absolute Gasteiger partial charge is 0.394 e. The molecule has 0 aliphatic carbocycles. The number of benzene rings is 1. The Morgan fingerprint density at radius 1 is 1.29 bits per heavy atom. The molecule has 110 valence electrons. The van der Waals surface area contributed by atoms with Crippen LogP contribution in [0.1, 0.15) is 17.4 Å². The summed E-state index contributed by atoms with van der Waals surface area (Å²) in [4.78, 5) is 20.0. The smallest absolute Gasteiger partial charge is 0.270 e. The molecular formula is C14H13Cl2N3O2. The molecule has 1 aromatic carbocycles. The number of aliphatic hydroxyl groups is 1. The van der Waals surface area contributed by atoms with Crippen molar-refractivity contribution in [2.75, 3.05) is 6.61 Å². The standard InChI is InChI=1S/C14H13Cl2N3O2/c1-8(6-20)19-14(21)13-5-12(17-7-18-13)9-2-3-10(15)11(16)4-9/h2-5,7-8,20H,6H2,1H3,(H,19,21)/t8-/m0/s1. The van der Waals surface area contributed by atoms with Crippen LogP contribution in [0.5, 0.6) is 0 Å². The molecule has 0 fully saturated rings. The van der Waals surface area contributed by atoms with Crippen molar-refractivity contribution < 1.29 is 9.90 Å². The second-order valence-electron chi connectivity index (χ2n) is 4.47. The predicted octanol–water partition coefficient (Wildman–Crippen LogP) is 2.56. The number of carbonyl (C=O) groups excluding carboxylic acids is 1. The molecule has 0 unspecified atom stereocenters. The molecule has 1 aromatic heterocycles. The van der Waals surface area contributed by atoms with Crippen LogP contribution in [0.25, 0.3) is 11.3 Å². The lowest BCUT2D eigenvalue weighted by Crippen LogP contribution is -2.35. The normalized spacial score (nSPS) is 12.0. The summed E-state index contributed by atoms with van der Waals surface area (Å²) in [7, 11) is 0. The molecule has 0 aliphatic heterocycles. The number of nitrogens with zero attached hydrogens (tertiary/aromatic N) is 2. The van der Waals surface area contributed by atoms with Gasteiger partial charge in [-0.15, -0.1) is 0 Å². The van der Waals surface area contributed by atoms with E-state index in [-0.39, 0.29) is 24.2 Å². The number of halogens is 2. The molecule has 2 N–H and O–H groups in total. The molecule has 1 atom stereocenters. The minimum Gasteiger partial charge on any atom is -0.394 e. The zero-order chi connectivity index (χ0) is 15.4. The van der Waals surface area contributed by atoms with Crippen molar-refractivity contribution in [3.63, 3.8) is 0 Å². The van der Waals surface area contributed by atoms with E-state index in [9.17, 15) is 4.79 Å². The summed E-state index contributed by atoms with van der Waals surface area (Å²) in [6, 6.07) is 6.30. The highest BCUT2D eigenvalue weighted by molar-refractivity contribution is 6.42. The number of amides is 1. The van der Waals surface area contributed by atoms with Crippen LogP contribution in [-0.4, -0.2) is 33.6 Å². The van der Waals surface area contributed by atoms with E-state index in [1.165, 1.54) is 6.33 Å². The number of hydrogen-bond donors (Lipinski definition) is 2. The zero-order valence-electron chi connectivity index (χ0n) is 11.2. The lowest BCUT2D eigenvalue weighted by atomic mass is 10.1. The Morgan fingerprint density at radius 3 is 2.71 bits per heavy atom. The third kappa shape index (κ3) is 3.91. The van der Waals surface area contributed by atoms with Gasteiger partial charge in [0.05, 0.1) is 22.3 Å². The number of carbonyl (C=O) groups is 1. The van der Waals surface area contributed by atoms with E-state index >= 15 is 0 Å². The van der Waals surface area contributed by atoms with E-state index in [1.807, 2.05) is 0 Å². The van der Waals surface area contributed by atoms with E-state index in [2.05, 4.69) is 15.3 Å². The second-order valence-corrected chi connectivity index (χ2v) is 5.29. The molecule has 0 bridgehead atoms. The number of rotatable bonds is 4. The fourth-order valence-electron chi connectivity index (χ4n) is 1.64. The minimum atomic E-state index is -0.375. The van der Waals surface area contributed by atoms with Crippen molar-refractivity contribution in [3.8, 4) is 11.3 Å². The van der Waals surface area contributed by atoms with Crippen LogP contribution >= 0.6 is 23.2 Å². The molecule has 0 saturated heterocycles. The third-order valence-electron chi connectivity index (χ3n) is 2.77. The fourth-order valence-corrected chi connectivity index (χ4v) is 1.94. The molecule has 2 rings (SSSR count). The van der Waals surface area contributed by atoms with Gasteiger partial charge in [-0.2, -0.15) is 0 Å². The van der Waals surface area contributed by atoms with Gasteiger partial charge in [-0.25, -0.2) is 9.97 Å². The van der Waals surface area contributed by atoms with Crippen molar-refractivity contribution in [2.24, 2.45) is 0 Å². The van der Waals surface area contributed by atoms with E-state index in [0.29, 0.717) is 15.7 Å². The van der Waals surface area contributed by atoms with Crippen molar-refractivity contribution in [2.45, 2.75) is 13.0 Å². The van der Waals surface area contributed by atoms with Gasteiger partial charge in [-0.05, 0) is 25.1 Å². The Bertz CT molecular complexity index is 664.